The molecule has 66 valence electrons. The molecule has 4 nitrogen and oxygen atoms in total. The molecule has 1 aliphatic heterocycles. The minimum Gasteiger partial charge on any atom is -0.292 e. The van der Waals surface area contributed by atoms with Crippen LogP contribution >= 0.6 is 0 Å². The van der Waals surface area contributed by atoms with Gasteiger partial charge in [0, 0.05) is 12.1 Å². The maximum absolute atomic E-state index is 5.87. The lowest BCUT2D eigenvalue weighted by Crippen LogP contribution is -2.45. The monoisotopic (exact) mass is 166 g/mol. The maximum Gasteiger partial charge on any atom is 0.141 e. The van der Waals surface area contributed by atoms with Gasteiger partial charge >= 0.3 is 0 Å². The van der Waals surface area contributed by atoms with Gasteiger partial charge in [0.2, 0.25) is 0 Å². The van der Waals surface area contributed by atoms with Crippen LogP contribution in [0.3, 0.4) is 0 Å². The van der Waals surface area contributed by atoms with E-state index in [1.165, 1.54) is 0 Å². The zero-order valence-electron chi connectivity index (χ0n) is 7.44. The summed E-state index contributed by atoms with van der Waals surface area (Å²) in [5.41, 5.74) is 0. The highest BCUT2D eigenvalue weighted by atomic mass is 15.5. The fourth-order valence-electron chi connectivity index (χ4n) is 1.78. The van der Waals surface area contributed by atoms with Crippen LogP contribution in [-0.2, 0) is 0 Å². The summed E-state index contributed by atoms with van der Waals surface area (Å²) in [6, 6.07) is 2.82. The second-order valence-corrected chi connectivity index (χ2v) is 3.47. The molecule has 0 aliphatic carbocycles. The molecule has 0 radical (unpaired) electrons. The molecule has 12 heavy (non-hydrogen) atoms. The van der Waals surface area contributed by atoms with Crippen LogP contribution in [0.5, 0.6) is 0 Å². The number of aromatic nitrogens is 2. The SMILES string of the molecule is CC1CC(C)n2nccc2N1N. The number of hydrogen-bond donors (Lipinski definition) is 1. The van der Waals surface area contributed by atoms with Crippen LogP contribution < -0.4 is 10.9 Å². The molecule has 2 rings (SSSR count). The predicted octanol–water partition coefficient (Wildman–Crippen LogP) is 0.916. The minimum absolute atomic E-state index is 0.407. The Morgan fingerprint density at radius 1 is 1.50 bits per heavy atom. The first-order chi connectivity index (χ1) is 5.70. The number of rotatable bonds is 0. The van der Waals surface area contributed by atoms with Crippen LogP contribution in [0.25, 0.3) is 0 Å². The molecule has 2 atom stereocenters. The molecule has 4 heteroatoms. The van der Waals surface area contributed by atoms with Gasteiger partial charge in [0.15, 0.2) is 0 Å². The van der Waals surface area contributed by atoms with E-state index >= 15 is 0 Å². The number of anilines is 1. The average molecular weight is 166 g/mol. The second kappa shape index (κ2) is 2.48. The van der Waals surface area contributed by atoms with Gasteiger partial charge < -0.3 is 0 Å². The topological polar surface area (TPSA) is 47.1 Å². The second-order valence-electron chi connectivity index (χ2n) is 3.47. The largest absolute Gasteiger partial charge is 0.292 e. The Morgan fingerprint density at radius 2 is 2.25 bits per heavy atom. The lowest BCUT2D eigenvalue weighted by atomic mass is 10.1. The molecule has 1 aromatic rings. The quantitative estimate of drug-likeness (QED) is 0.583. The molecule has 0 amide bonds. The Hall–Kier alpha value is -1.03. The summed E-state index contributed by atoms with van der Waals surface area (Å²) in [6.45, 7) is 4.30. The minimum atomic E-state index is 0.407. The van der Waals surface area contributed by atoms with Crippen molar-refractivity contribution in [2.45, 2.75) is 32.4 Å². The summed E-state index contributed by atoms with van der Waals surface area (Å²) in [5, 5.41) is 6.00. The van der Waals surface area contributed by atoms with Gasteiger partial charge in [0.05, 0.1) is 12.2 Å². The molecule has 0 saturated heterocycles. The molecule has 1 aliphatic rings. The molecule has 0 aromatic carbocycles. The molecular weight excluding hydrogens is 152 g/mol. The van der Waals surface area contributed by atoms with Crippen molar-refractivity contribution < 1.29 is 0 Å². The van der Waals surface area contributed by atoms with Crippen LogP contribution in [0, 0.1) is 0 Å². The molecule has 2 N–H and O–H groups in total. The van der Waals surface area contributed by atoms with Gasteiger partial charge in [-0.05, 0) is 20.3 Å². The summed E-state index contributed by atoms with van der Waals surface area (Å²) < 4.78 is 1.97. The van der Waals surface area contributed by atoms with Gasteiger partial charge in [-0.1, -0.05) is 0 Å². The highest BCUT2D eigenvalue weighted by Crippen LogP contribution is 2.28. The molecule has 2 unspecified atom stereocenters. The van der Waals surface area contributed by atoms with Crippen molar-refractivity contribution in [1.29, 1.82) is 0 Å². The van der Waals surface area contributed by atoms with Crippen LogP contribution in [0.4, 0.5) is 5.82 Å². The van der Waals surface area contributed by atoms with E-state index in [-0.39, 0.29) is 0 Å². The Bertz CT molecular complexity index is 280. The van der Waals surface area contributed by atoms with E-state index < -0.39 is 0 Å². The standard InChI is InChI=1S/C8H14N4/c1-6-5-7(2)12-8(11(6)9)3-4-10-12/h3-4,6-7H,5,9H2,1-2H3. The van der Waals surface area contributed by atoms with Gasteiger partial charge in [0.1, 0.15) is 5.82 Å². The Balaban J connectivity index is 2.43. The van der Waals surface area contributed by atoms with Crippen molar-refractivity contribution in [3.63, 3.8) is 0 Å². The smallest absolute Gasteiger partial charge is 0.141 e. The van der Waals surface area contributed by atoms with Crippen molar-refractivity contribution in [3.05, 3.63) is 12.3 Å². The van der Waals surface area contributed by atoms with Crippen molar-refractivity contribution in [2.75, 3.05) is 5.01 Å². The summed E-state index contributed by atoms with van der Waals surface area (Å²) in [4.78, 5) is 0. The predicted molar refractivity (Wildman–Crippen MR) is 47.7 cm³/mol. The molecule has 0 spiro atoms. The van der Waals surface area contributed by atoms with Gasteiger partial charge in [-0.25, -0.2) is 10.5 Å². The van der Waals surface area contributed by atoms with Crippen molar-refractivity contribution in [2.24, 2.45) is 5.84 Å². The van der Waals surface area contributed by atoms with Gasteiger partial charge in [-0.3, -0.25) is 5.01 Å². The van der Waals surface area contributed by atoms with E-state index in [9.17, 15) is 0 Å². The lowest BCUT2D eigenvalue weighted by Gasteiger charge is -2.34. The van der Waals surface area contributed by atoms with Crippen LogP contribution in [0.1, 0.15) is 26.3 Å². The normalized spacial score (nSPS) is 28.8. The van der Waals surface area contributed by atoms with E-state index in [2.05, 4.69) is 18.9 Å². The van der Waals surface area contributed by atoms with Crippen molar-refractivity contribution in [3.8, 4) is 0 Å². The summed E-state index contributed by atoms with van der Waals surface area (Å²) in [6.07, 6.45) is 2.86. The summed E-state index contributed by atoms with van der Waals surface area (Å²) >= 11 is 0. The third-order valence-corrected chi connectivity index (χ3v) is 2.49. The lowest BCUT2D eigenvalue weighted by molar-refractivity contribution is 0.375. The van der Waals surface area contributed by atoms with E-state index in [4.69, 9.17) is 5.84 Å². The van der Waals surface area contributed by atoms with E-state index in [1.54, 1.807) is 11.2 Å². The number of nitrogens with zero attached hydrogens (tertiary/aromatic N) is 3. The van der Waals surface area contributed by atoms with Crippen LogP contribution in [0.15, 0.2) is 12.3 Å². The third kappa shape index (κ3) is 0.914. The number of hydrazine groups is 1. The number of nitrogens with two attached hydrogens (primary N) is 1. The average Bonchev–Trinajstić information content (AvgIpc) is 2.48. The Kier molecular flexibility index (Phi) is 1.58. The molecule has 0 fully saturated rings. The van der Waals surface area contributed by atoms with E-state index in [0.29, 0.717) is 12.1 Å². The summed E-state index contributed by atoms with van der Waals surface area (Å²) in [7, 11) is 0. The van der Waals surface area contributed by atoms with Gasteiger partial charge in [-0.15, -0.1) is 0 Å². The number of fused-ring (bicyclic) bond motifs is 1. The first-order valence-electron chi connectivity index (χ1n) is 4.27. The highest BCUT2D eigenvalue weighted by Gasteiger charge is 2.25. The molecular formula is C8H14N4. The number of hydrogen-bond acceptors (Lipinski definition) is 3. The maximum atomic E-state index is 5.87. The van der Waals surface area contributed by atoms with Gasteiger partial charge in [-0.2, -0.15) is 5.10 Å². The zero-order valence-corrected chi connectivity index (χ0v) is 7.44. The first kappa shape index (κ1) is 7.61. The first-order valence-corrected chi connectivity index (χ1v) is 4.27. The van der Waals surface area contributed by atoms with E-state index in [0.717, 1.165) is 12.2 Å². The molecule has 0 bridgehead atoms. The van der Waals surface area contributed by atoms with Crippen molar-refractivity contribution in [1.82, 2.24) is 9.78 Å². The van der Waals surface area contributed by atoms with Crippen LogP contribution in [-0.4, -0.2) is 15.8 Å². The summed E-state index contributed by atoms with van der Waals surface area (Å²) in [5.74, 6) is 6.88. The van der Waals surface area contributed by atoms with E-state index in [1.807, 2.05) is 10.7 Å². The third-order valence-electron chi connectivity index (χ3n) is 2.49. The van der Waals surface area contributed by atoms with Crippen molar-refractivity contribution >= 4 is 5.82 Å². The Labute approximate surface area is 71.9 Å². The Morgan fingerprint density at radius 3 is 3.00 bits per heavy atom. The van der Waals surface area contributed by atoms with Gasteiger partial charge in [0.25, 0.3) is 0 Å². The molecule has 1 aromatic heterocycles. The molecule has 2 heterocycles. The zero-order chi connectivity index (χ0) is 8.72. The highest BCUT2D eigenvalue weighted by molar-refractivity contribution is 5.39. The fourth-order valence-corrected chi connectivity index (χ4v) is 1.78. The van der Waals surface area contributed by atoms with Crippen LogP contribution in [0.2, 0.25) is 0 Å². The molecule has 0 saturated carbocycles. The fraction of sp³-hybridized carbons (Fsp3) is 0.625.